The van der Waals surface area contributed by atoms with Crippen LogP contribution < -0.4 is 10.6 Å². The average Bonchev–Trinajstić information content (AvgIpc) is 2.81. The number of hydrogen-bond donors (Lipinski definition) is 1. The standard InChI is InChI=1S/C15H21N3O/c1-10-3-6-12(7-4-10)18(2)15-17-13-8-5-11(16)9-14(13)19-15/h5,8-10,12H,3-4,6-7,16H2,1-2H3. The fraction of sp³-hybridized carbons (Fsp3) is 0.533. The molecule has 1 aromatic carbocycles. The third-order valence-electron chi connectivity index (χ3n) is 4.24. The van der Waals surface area contributed by atoms with Crippen LogP contribution in [0.1, 0.15) is 32.6 Å². The molecule has 0 radical (unpaired) electrons. The first-order valence-electron chi connectivity index (χ1n) is 7.02. The smallest absolute Gasteiger partial charge is 0.298 e. The average molecular weight is 259 g/mol. The van der Waals surface area contributed by atoms with Crippen molar-refractivity contribution < 1.29 is 4.42 Å². The lowest BCUT2D eigenvalue weighted by atomic mass is 9.87. The Balaban J connectivity index is 1.83. The summed E-state index contributed by atoms with van der Waals surface area (Å²) in [5, 5.41) is 0. The van der Waals surface area contributed by atoms with E-state index in [2.05, 4.69) is 23.9 Å². The number of anilines is 2. The molecule has 1 aliphatic carbocycles. The number of oxazole rings is 1. The van der Waals surface area contributed by atoms with Crippen molar-refractivity contribution in [3.63, 3.8) is 0 Å². The molecule has 3 rings (SSSR count). The summed E-state index contributed by atoms with van der Waals surface area (Å²) in [5.41, 5.74) is 8.12. The number of aromatic nitrogens is 1. The van der Waals surface area contributed by atoms with Crippen LogP contribution in [0.2, 0.25) is 0 Å². The van der Waals surface area contributed by atoms with E-state index in [9.17, 15) is 0 Å². The van der Waals surface area contributed by atoms with Gasteiger partial charge in [-0.3, -0.25) is 0 Å². The van der Waals surface area contributed by atoms with E-state index in [-0.39, 0.29) is 0 Å². The summed E-state index contributed by atoms with van der Waals surface area (Å²) in [6.07, 6.45) is 5.03. The summed E-state index contributed by atoms with van der Waals surface area (Å²) in [7, 11) is 2.08. The molecule has 2 aromatic rings. The number of hydrogen-bond acceptors (Lipinski definition) is 4. The molecule has 0 saturated heterocycles. The number of nitrogens with two attached hydrogens (primary N) is 1. The van der Waals surface area contributed by atoms with Gasteiger partial charge in [0.25, 0.3) is 6.01 Å². The van der Waals surface area contributed by atoms with Gasteiger partial charge in [-0.05, 0) is 43.7 Å². The zero-order valence-electron chi connectivity index (χ0n) is 11.6. The van der Waals surface area contributed by atoms with E-state index in [0.29, 0.717) is 17.7 Å². The molecule has 1 heterocycles. The van der Waals surface area contributed by atoms with Gasteiger partial charge >= 0.3 is 0 Å². The van der Waals surface area contributed by atoms with Crippen LogP contribution in [-0.4, -0.2) is 18.1 Å². The maximum absolute atomic E-state index is 5.83. The first kappa shape index (κ1) is 12.3. The monoisotopic (exact) mass is 259 g/mol. The van der Waals surface area contributed by atoms with Gasteiger partial charge in [-0.25, -0.2) is 0 Å². The Kier molecular flexibility index (Phi) is 3.09. The zero-order chi connectivity index (χ0) is 13.4. The molecule has 1 aliphatic rings. The van der Waals surface area contributed by atoms with Crippen molar-refractivity contribution in [2.75, 3.05) is 17.7 Å². The van der Waals surface area contributed by atoms with Gasteiger partial charge in [-0.2, -0.15) is 4.98 Å². The van der Waals surface area contributed by atoms with E-state index in [1.165, 1.54) is 25.7 Å². The normalized spacial score (nSPS) is 23.7. The molecule has 0 spiro atoms. The summed E-state index contributed by atoms with van der Waals surface area (Å²) in [6, 6.07) is 6.86. The highest BCUT2D eigenvalue weighted by Gasteiger charge is 2.24. The van der Waals surface area contributed by atoms with E-state index in [0.717, 1.165) is 17.0 Å². The maximum Gasteiger partial charge on any atom is 0.298 e. The first-order chi connectivity index (χ1) is 9.13. The fourth-order valence-corrected chi connectivity index (χ4v) is 2.87. The van der Waals surface area contributed by atoms with Gasteiger partial charge in [0.15, 0.2) is 5.58 Å². The topological polar surface area (TPSA) is 55.3 Å². The third-order valence-corrected chi connectivity index (χ3v) is 4.24. The zero-order valence-corrected chi connectivity index (χ0v) is 11.6. The Morgan fingerprint density at radius 3 is 2.74 bits per heavy atom. The minimum Gasteiger partial charge on any atom is -0.423 e. The van der Waals surface area contributed by atoms with Crippen LogP contribution in [0.4, 0.5) is 11.7 Å². The highest BCUT2D eigenvalue weighted by atomic mass is 16.4. The fourth-order valence-electron chi connectivity index (χ4n) is 2.87. The lowest BCUT2D eigenvalue weighted by Crippen LogP contribution is -2.34. The minimum atomic E-state index is 0.543. The number of rotatable bonds is 2. The van der Waals surface area contributed by atoms with Crippen LogP contribution in [0.25, 0.3) is 11.1 Å². The van der Waals surface area contributed by atoms with Crippen LogP contribution in [0.5, 0.6) is 0 Å². The highest BCUT2D eigenvalue weighted by Crippen LogP contribution is 2.30. The number of benzene rings is 1. The number of nitrogen functional groups attached to an aromatic ring is 1. The molecule has 0 amide bonds. The van der Waals surface area contributed by atoms with Crippen molar-refractivity contribution in [2.45, 2.75) is 38.6 Å². The summed E-state index contributed by atoms with van der Waals surface area (Å²) >= 11 is 0. The van der Waals surface area contributed by atoms with E-state index in [1.54, 1.807) is 0 Å². The Morgan fingerprint density at radius 1 is 1.26 bits per heavy atom. The van der Waals surface area contributed by atoms with Gasteiger partial charge < -0.3 is 15.1 Å². The Labute approximate surface area is 113 Å². The lowest BCUT2D eigenvalue weighted by Gasteiger charge is -2.32. The molecule has 4 nitrogen and oxygen atoms in total. The minimum absolute atomic E-state index is 0.543. The molecule has 4 heteroatoms. The summed E-state index contributed by atoms with van der Waals surface area (Å²) in [4.78, 5) is 6.73. The molecule has 0 unspecified atom stereocenters. The SMILES string of the molecule is CC1CCC(N(C)c2nc3ccc(N)cc3o2)CC1. The van der Waals surface area contributed by atoms with Gasteiger partial charge in [0.2, 0.25) is 0 Å². The second kappa shape index (κ2) is 4.76. The van der Waals surface area contributed by atoms with Crippen LogP contribution in [0.3, 0.4) is 0 Å². The predicted octanol–water partition coefficient (Wildman–Crippen LogP) is 3.42. The molecule has 1 aromatic heterocycles. The summed E-state index contributed by atoms with van der Waals surface area (Å²) < 4.78 is 5.83. The van der Waals surface area contributed by atoms with Crippen LogP contribution in [0.15, 0.2) is 22.6 Å². The number of fused-ring (bicyclic) bond motifs is 1. The lowest BCUT2D eigenvalue weighted by molar-refractivity contribution is 0.333. The molecule has 0 bridgehead atoms. The van der Waals surface area contributed by atoms with E-state index in [4.69, 9.17) is 10.2 Å². The van der Waals surface area contributed by atoms with Gasteiger partial charge in [0.05, 0.1) is 0 Å². The molecule has 1 saturated carbocycles. The second-order valence-corrected chi connectivity index (χ2v) is 5.75. The Hall–Kier alpha value is -1.71. The Bertz CT molecular complexity index is 570. The van der Waals surface area contributed by atoms with E-state index in [1.807, 2.05) is 18.2 Å². The molecular weight excluding hydrogens is 238 g/mol. The van der Waals surface area contributed by atoms with Crippen molar-refractivity contribution in [1.82, 2.24) is 4.98 Å². The summed E-state index contributed by atoms with van der Waals surface area (Å²) in [6.45, 7) is 2.33. The van der Waals surface area contributed by atoms with Gasteiger partial charge in [-0.1, -0.05) is 6.92 Å². The predicted molar refractivity (Wildman–Crippen MR) is 78.2 cm³/mol. The molecule has 2 N–H and O–H groups in total. The van der Waals surface area contributed by atoms with Gasteiger partial charge in [0.1, 0.15) is 5.52 Å². The van der Waals surface area contributed by atoms with Gasteiger partial charge in [-0.15, -0.1) is 0 Å². The van der Waals surface area contributed by atoms with Crippen LogP contribution in [0, 0.1) is 5.92 Å². The molecule has 1 fully saturated rings. The Morgan fingerprint density at radius 2 is 2.00 bits per heavy atom. The molecule has 0 atom stereocenters. The molecule has 102 valence electrons. The van der Waals surface area contributed by atoms with Crippen molar-refractivity contribution >= 4 is 22.8 Å². The quantitative estimate of drug-likeness (QED) is 0.839. The third kappa shape index (κ3) is 2.39. The second-order valence-electron chi connectivity index (χ2n) is 5.75. The first-order valence-corrected chi connectivity index (χ1v) is 7.02. The van der Waals surface area contributed by atoms with Gasteiger partial charge in [0, 0.05) is 24.8 Å². The molecule has 19 heavy (non-hydrogen) atoms. The molecule has 0 aliphatic heterocycles. The van der Waals surface area contributed by atoms with Crippen LogP contribution >= 0.6 is 0 Å². The van der Waals surface area contributed by atoms with Crippen molar-refractivity contribution in [1.29, 1.82) is 0 Å². The van der Waals surface area contributed by atoms with Crippen molar-refractivity contribution in [3.8, 4) is 0 Å². The largest absolute Gasteiger partial charge is 0.423 e. The van der Waals surface area contributed by atoms with Crippen molar-refractivity contribution in [3.05, 3.63) is 18.2 Å². The van der Waals surface area contributed by atoms with Crippen LogP contribution in [-0.2, 0) is 0 Å². The molecular formula is C15H21N3O. The highest BCUT2D eigenvalue weighted by molar-refractivity contribution is 5.78. The van der Waals surface area contributed by atoms with Crippen molar-refractivity contribution in [2.24, 2.45) is 5.92 Å². The van der Waals surface area contributed by atoms with E-state index >= 15 is 0 Å². The maximum atomic E-state index is 5.83. The van der Waals surface area contributed by atoms with E-state index < -0.39 is 0 Å². The summed E-state index contributed by atoms with van der Waals surface area (Å²) in [5.74, 6) is 0.855. The number of nitrogens with zero attached hydrogens (tertiary/aromatic N) is 2.